The fourth-order valence-electron chi connectivity index (χ4n) is 14.1. The van der Waals surface area contributed by atoms with Gasteiger partial charge in [-0.15, -0.1) is 0 Å². The summed E-state index contributed by atoms with van der Waals surface area (Å²) in [6.07, 6.45) is 10.9. The monoisotopic (exact) mass is 1330 g/mol. The molecule has 0 spiro atoms. The molecule has 0 N–H and O–H groups in total. The largest absolute Gasteiger partial charge is 0.487 e. The maximum Gasteiger partial charge on any atom is 0.185 e. The molecular formula is C86H82N2O12. The van der Waals surface area contributed by atoms with E-state index in [1.807, 2.05) is 60.7 Å². The van der Waals surface area contributed by atoms with Crippen LogP contribution in [-0.2, 0) is 138 Å². The van der Waals surface area contributed by atoms with Gasteiger partial charge in [-0.05, 0) is 161 Å². The summed E-state index contributed by atoms with van der Waals surface area (Å²) in [5.74, 6) is -1.21. The Labute approximate surface area is 583 Å². The van der Waals surface area contributed by atoms with Crippen LogP contribution in [0.15, 0.2) is 178 Å². The molecule has 0 unspecified atom stereocenters. The third kappa shape index (κ3) is 14.4. The number of hydrogen-bond acceptors (Lipinski definition) is 14. The van der Waals surface area contributed by atoms with Crippen LogP contribution in [0.1, 0.15) is 173 Å². The van der Waals surface area contributed by atoms with Crippen molar-refractivity contribution in [3.8, 4) is 23.0 Å². The maximum absolute atomic E-state index is 15.3. The molecule has 100 heavy (non-hydrogen) atoms. The van der Waals surface area contributed by atoms with Gasteiger partial charge in [-0.2, -0.15) is 0 Å². The number of pyridine rings is 2. The van der Waals surface area contributed by atoms with E-state index in [1.54, 1.807) is 24.3 Å². The molecule has 13 rings (SSSR count). The van der Waals surface area contributed by atoms with Crippen LogP contribution in [0.3, 0.4) is 0 Å². The highest BCUT2D eigenvalue weighted by atomic mass is 16.5. The highest BCUT2D eigenvalue weighted by Crippen LogP contribution is 2.44. The minimum absolute atomic E-state index is 0.0268. The van der Waals surface area contributed by atoms with Crippen molar-refractivity contribution in [2.75, 3.05) is 0 Å². The van der Waals surface area contributed by atoms with Gasteiger partial charge in [0.25, 0.3) is 0 Å². The Morgan fingerprint density at radius 2 is 0.420 bits per heavy atom. The van der Waals surface area contributed by atoms with Crippen molar-refractivity contribution in [1.82, 2.24) is 9.97 Å². The molecule has 14 nitrogen and oxygen atoms in total. The number of carbonyl (C=O) groups is 8. The molecule has 0 fully saturated rings. The van der Waals surface area contributed by atoms with Gasteiger partial charge in [-0.3, -0.25) is 48.3 Å². The normalized spacial score (nSPS) is 17.9. The first kappa shape index (κ1) is 68.2. The van der Waals surface area contributed by atoms with Crippen molar-refractivity contribution in [3.63, 3.8) is 0 Å². The number of nitrogens with zero attached hydrogens (tertiary/aromatic N) is 2. The number of benzene rings is 4. The van der Waals surface area contributed by atoms with Crippen LogP contribution in [0, 0.1) is 0 Å². The van der Waals surface area contributed by atoms with Gasteiger partial charge in [0, 0.05) is 96.0 Å². The molecule has 6 aromatic rings. The number of fused-ring (bicyclic) bond motifs is 8. The van der Waals surface area contributed by atoms with Gasteiger partial charge in [-0.25, -0.2) is 0 Å². The summed E-state index contributed by atoms with van der Waals surface area (Å²) in [5.41, 5.74) is 10.2. The zero-order valence-corrected chi connectivity index (χ0v) is 59.0. The van der Waals surface area contributed by atoms with Crippen LogP contribution in [-0.4, -0.2) is 56.2 Å². The summed E-state index contributed by atoms with van der Waals surface area (Å²) in [5, 5.41) is 0. The molecule has 24 bridgehead atoms. The fourth-order valence-corrected chi connectivity index (χ4v) is 14.1. The first-order valence-corrected chi connectivity index (χ1v) is 34.3. The molecule has 2 aromatic heterocycles. The predicted octanol–water partition coefficient (Wildman–Crippen LogP) is 14.1. The van der Waals surface area contributed by atoms with E-state index in [9.17, 15) is 19.2 Å². The Hall–Kier alpha value is -10.3. The van der Waals surface area contributed by atoms with Crippen LogP contribution in [0.5, 0.6) is 23.0 Å². The van der Waals surface area contributed by atoms with E-state index in [-0.39, 0.29) is 169 Å². The molecule has 4 aromatic carbocycles. The molecule has 3 heterocycles. The smallest absolute Gasteiger partial charge is 0.185 e. The second kappa shape index (κ2) is 26.1. The van der Waals surface area contributed by atoms with Gasteiger partial charge >= 0.3 is 0 Å². The molecule has 0 amide bonds. The second-order valence-corrected chi connectivity index (χ2v) is 31.6. The van der Waals surface area contributed by atoms with E-state index in [4.69, 9.17) is 28.9 Å². The summed E-state index contributed by atoms with van der Waals surface area (Å²) in [6.45, 7) is 24.3. The Morgan fingerprint density at radius 1 is 0.260 bits per heavy atom. The first-order valence-electron chi connectivity index (χ1n) is 34.3. The average Bonchev–Trinajstić information content (AvgIpc) is 0.776. The third-order valence-electron chi connectivity index (χ3n) is 19.5. The molecule has 0 atom stereocenters. The molecule has 508 valence electrons. The molecule has 0 radical (unpaired) electrons. The lowest BCUT2D eigenvalue weighted by molar-refractivity contribution is -0.115. The van der Waals surface area contributed by atoms with Crippen LogP contribution in [0.25, 0.3) is 0 Å². The number of aromatic nitrogens is 2. The lowest BCUT2D eigenvalue weighted by Gasteiger charge is -2.27. The number of ketones is 8. The fraction of sp³-hybridized carbons (Fsp3) is 0.326. The second-order valence-electron chi connectivity index (χ2n) is 31.6. The first-order chi connectivity index (χ1) is 47.2. The van der Waals surface area contributed by atoms with Crippen molar-refractivity contribution >= 4 is 46.3 Å². The number of Topliss-reactive ketones (excluding diaryl/α,β-unsaturated/α-hetero) is 4. The lowest BCUT2D eigenvalue weighted by Crippen LogP contribution is -2.22. The van der Waals surface area contributed by atoms with E-state index in [1.165, 1.54) is 48.6 Å². The highest BCUT2D eigenvalue weighted by molar-refractivity contribution is 6.23. The Bertz CT molecular complexity index is 4100. The summed E-state index contributed by atoms with van der Waals surface area (Å²) in [6, 6.07) is 26.7. The number of rotatable bonds is 0. The van der Waals surface area contributed by atoms with E-state index in [0.717, 1.165) is 22.3 Å². The van der Waals surface area contributed by atoms with Crippen molar-refractivity contribution in [3.05, 3.63) is 268 Å². The van der Waals surface area contributed by atoms with Gasteiger partial charge in [0.15, 0.2) is 46.3 Å². The molecule has 14 heteroatoms. The lowest BCUT2D eigenvalue weighted by atomic mass is 9.79. The minimum atomic E-state index is -0.465. The summed E-state index contributed by atoms with van der Waals surface area (Å²) in [7, 11) is 0. The summed E-state index contributed by atoms with van der Waals surface area (Å²) >= 11 is 0. The van der Waals surface area contributed by atoms with Crippen molar-refractivity contribution in [1.29, 1.82) is 0 Å². The molecule has 7 aliphatic rings. The van der Waals surface area contributed by atoms with Gasteiger partial charge in [-0.1, -0.05) is 144 Å². The average molecular weight is 1340 g/mol. The number of ether oxygens (including phenoxy) is 4. The minimum Gasteiger partial charge on any atom is -0.487 e. The zero-order valence-electron chi connectivity index (χ0n) is 59.0. The Balaban J connectivity index is 1.02. The van der Waals surface area contributed by atoms with E-state index >= 15 is 19.2 Å². The Kier molecular flexibility index (Phi) is 17.8. The maximum atomic E-state index is 15.3. The van der Waals surface area contributed by atoms with Crippen LogP contribution < -0.4 is 18.9 Å². The standard InChI is InChI=1S/C86H82N2O12/c1-83(2,3)63-27-55-19-47-35-71(89)37-49(75(47)93)21-57-29-64(84(4,5)6)30-58-22-50-38-72(90)36-48(76(50)94)20-56(28-63)79(55)97-43-67-15-13-16-68(87-67)44-98-81-59-23-51-39-73(91)41-53(77(51)95)25-61-33-66(86(10,11)12)34-62(82(61)100-46-70-18-14-17-69(88-70)45-99-80(57)58)26-54-42-74(92)40-52(78(54)96)24-60(81)32-65(31-59)85(7,8)9/h13-18,27-42H,19-26,43-46H2,1-12H3. The highest BCUT2D eigenvalue weighted by Gasteiger charge is 2.35. The SMILES string of the molecule is CC(C)(C)c1cc2c3c(c1)CC1=CC(=O)C=C(Cc4cc(C(C)(C)C)cc(c4OCc4cccc(n4)COc4c5cc(C(C)(C)C)cc4CC4=CC(=O)C=C(Cc6cc(C(C)(C)C)cc(c6OCc6cccc(n6)CO3)CC3=CC(=O)C=C(C5)C3=O)C4=O)CC3=CC(=O)C=C(C2)C3=O)C1=O. The van der Waals surface area contributed by atoms with Crippen LogP contribution in [0.4, 0.5) is 0 Å². The molecule has 0 saturated carbocycles. The number of carbonyl (C=O) groups excluding carboxylic acids is 8. The molecule has 6 aliphatic carbocycles. The van der Waals surface area contributed by atoms with E-state index in [0.29, 0.717) is 90.3 Å². The summed E-state index contributed by atoms with van der Waals surface area (Å²) < 4.78 is 27.9. The van der Waals surface area contributed by atoms with Crippen LogP contribution >= 0.6 is 0 Å². The topological polar surface area (TPSA) is 199 Å². The van der Waals surface area contributed by atoms with Gasteiger partial charge < -0.3 is 18.9 Å². The quantitative estimate of drug-likeness (QED) is 0.130. The van der Waals surface area contributed by atoms with E-state index in [2.05, 4.69) is 83.1 Å². The molecule has 1 aliphatic heterocycles. The Morgan fingerprint density at radius 3 is 0.570 bits per heavy atom. The van der Waals surface area contributed by atoms with E-state index < -0.39 is 21.7 Å². The van der Waals surface area contributed by atoms with Crippen molar-refractivity contribution < 1.29 is 57.3 Å². The zero-order chi connectivity index (χ0) is 71.1. The van der Waals surface area contributed by atoms with Gasteiger partial charge in [0.1, 0.15) is 49.4 Å². The predicted molar refractivity (Wildman–Crippen MR) is 381 cm³/mol. The number of hydrogen-bond donors (Lipinski definition) is 0. The molecule has 0 saturated heterocycles. The van der Waals surface area contributed by atoms with Gasteiger partial charge in [0.05, 0.1) is 22.8 Å². The van der Waals surface area contributed by atoms with Crippen molar-refractivity contribution in [2.45, 2.75) is 183 Å². The third-order valence-corrected chi connectivity index (χ3v) is 19.5. The van der Waals surface area contributed by atoms with Crippen molar-refractivity contribution in [2.24, 2.45) is 0 Å². The molecular weight excluding hydrogens is 1250 g/mol. The van der Waals surface area contributed by atoms with Gasteiger partial charge in [0.2, 0.25) is 0 Å². The van der Waals surface area contributed by atoms with Crippen LogP contribution in [0.2, 0.25) is 0 Å². The number of allylic oxidation sites excluding steroid dienone is 16. The summed E-state index contributed by atoms with van der Waals surface area (Å²) in [4.78, 5) is 128.